The molecule has 2 aromatic carbocycles. The van der Waals surface area contributed by atoms with Gasteiger partial charge in [-0.2, -0.15) is 0 Å². The minimum Gasteiger partial charge on any atom is -0.494 e. The fourth-order valence-corrected chi connectivity index (χ4v) is 3.89. The molecular formula is C15H14N2OS2. The first-order valence-electron chi connectivity index (χ1n) is 6.31. The van der Waals surface area contributed by atoms with Crippen molar-refractivity contribution in [2.75, 3.05) is 12.3 Å². The van der Waals surface area contributed by atoms with E-state index in [1.54, 1.807) is 23.1 Å². The highest BCUT2D eigenvalue weighted by molar-refractivity contribution is 8.01. The molecule has 5 heteroatoms. The summed E-state index contributed by atoms with van der Waals surface area (Å²) in [5, 5.41) is 0. The van der Waals surface area contributed by atoms with Crippen molar-refractivity contribution in [3.63, 3.8) is 0 Å². The second kappa shape index (κ2) is 5.73. The van der Waals surface area contributed by atoms with E-state index >= 15 is 0 Å². The molecule has 0 aliphatic heterocycles. The van der Waals surface area contributed by atoms with E-state index in [0.29, 0.717) is 6.61 Å². The average Bonchev–Trinajstić information content (AvgIpc) is 2.83. The summed E-state index contributed by atoms with van der Waals surface area (Å²) in [5.41, 5.74) is 7.48. The SMILES string of the molecule is CCOc1ccc2nc(Sc3ccc(N)cc3)sc2c1. The Morgan fingerprint density at radius 2 is 2.00 bits per heavy atom. The number of aromatic nitrogens is 1. The zero-order chi connectivity index (χ0) is 13.9. The maximum atomic E-state index is 5.69. The molecular weight excluding hydrogens is 288 g/mol. The van der Waals surface area contributed by atoms with E-state index in [9.17, 15) is 0 Å². The van der Waals surface area contributed by atoms with Crippen LogP contribution in [0.1, 0.15) is 6.92 Å². The molecule has 3 rings (SSSR count). The van der Waals surface area contributed by atoms with Crippen LogP contribution in [0.5, 0.6) is 5.75 Å². The molecule has 1 heterocycles. The van der Waals surface area contributed by atoms with Gasteiger partial charge >= 0.3 is 0 Å². The number of benzene rings is 2. The van der Waals surface area contributed by atoms with E-state index in [1.165, 1.54) is 0 Å². The Morgan fingerprint density at radius 1 is 1.20 bits per heavy atom. The smallest absolute Gasteiger partial charge is 0.155 e. The molecule has 0 aliphatic rings. The number of rotatable bonds is 4. The molecule has 0 unspecified atom stereocenters. The highest BCUT2D eigenvalue weighted by Gasteiger charge is 2.07. The Morgan fingerprint density at radius 3 is 2.75 bits per heavy atom. The van der Waals surface area contributed by atoms with Gasteiger partial charge in [-0.25, -0.2) is 4.98 Å². The molecule has 0 aliphatic carbocycles. The fraction of sp³-hybridized carbons (Fsp3) is 0.133. The third-order valence-electron chi connectivity index (χ3n) is 2.74. The lowest BCUT2D eigenvalue weighted by atomic mass is 10.3. The Bertz CT molecular complexity index is 722. The molecule has 20 heavy (non-hydrogen) atoms. The summed E-state index contributed by atoms with van der Waals surface area (Å²) < 4.78 is 7.69. The van der Waals surface area contributed by atoms with Crippen molar-refractivity contribution in [3.8, 4) is 5.75 Å². The van der Waals surface area contributed by atoms with Gasteiger partial charge in [0.25, 0.3) is 0 Å². The number of nitrogens with two attached hydrogens (primary N) is 1. The lowest BCUT2D eigenvalue weighted by Gasteiger charge is -2.00. The third kappa shape index (κ3) is 2.89. The molecule has 0 spiro atoms. The number of ether oxygens (including phenoxy) is 1. The third-order valence-corrected chi connectivity index (χ3v) is 4.82. The summed E-state index contributed by atoms with van der Waals surface area (Å²) in [6.45, 7) is 2.66. The van der Waals surface area contributed by atoms with Gasteiger partial charge in [0.15, 0.2) is 4.34 Å². The summed E-state index contributed by atoms with van der Waals surface area (Å²) in [6.07, 6.45) is 0. The Hall–Kier alpha value is -1.72. The van der Waals surface area contributed by atoms with Crippen LogP contribution in [0.4, 0.5) is 5.69 Å². The second-order valence-corrected chi connectivity index (χ2v) is 6.56. The molecule has 0 saturated heterocycles. The van der Waals surface area contributed by atoms with Crippen LogP contribution in [-0.2, 0) is 0 Å². The van der Waals surface area contributed by atoms with Crippen molar-refractivity contribution in [1.29, 1.82) is 0 Å². The maximum Gasteiger partial charge on any atom is 0.155 e. The van der Waals surface area contributed by atoms with Crippen LogP contribution < -0.4 is 10.5 Å². The predicted octanol–water partition coefficient (Wildman–Crippen LogP) is 4.43. The summed E-state index contributed by atoms with van der Waals surface area (Å²) in [6, 6.07) is 13.8. The molecule has 3 nitrogen and oxygen atoms in total. The van der Waals surface area contributed by atoms with Crippen LogP contribution in [-0.4, -0.2) is 11.6 Å². The number of hydrogen-bond donors (Lipinski definition) is 1. The van der Waals surface area contributed by atoms with Crippen molar-refractivity contribution in [2.24, 2.45) is 0 Å². The van der Waals surface area contributed by atoms with Crippen LogP contribution in [0, 0.1) is 0 Å². The van der Waals surface area contributed by atoms with Crippen molar-refractivity contribution in [2.45, 2.75) is 16.2 Å². The predicted molar refractivity (Wildman–Crippen MR) is 85.8 cm³/mol. The number of fused-ring (bicyclic) bond motifs is 1. The summed E-state index contributed by atoms with van der Waals surface area (Å²) >= 11 is 3.33. The van der Waals surface area contributed by atoms with Gasteiger partial charge in [-0.15, -0.1) is 11.3 Å². The van der Waals surface area contributed by atoms with E-state index in [2.05, 4.69) is 4.98 Å². The van der Waals surface area contributed by atoms with Crippen molar-refractivity contribution in [1.82, 2.24) is 4.98 Å². The lowest BCUT2D eigenvalue weighted by molar-refractivity contribution is 0.341. The number of nitrogen functional groups attached to an aromatic ring is 1. The van der Waals surface area contributed by atoms with Crippen molar-refractivity contribution >= 4 is 39.0 Å². The molecule has 0 fully saturated rings. The Labute approximate surface area is 125 Å². The summed E-state index contributed by atoms with van der Waals surface area (Å²) in [4.78, 5) is 5.77. The van der Waals surface area contributed by atoms with Gasteiger partial charge < -0.3 is 10.5 Å². The van der Waals surface area contributed by atoms with E-state index in [0.717, 1.165) is 30.9 Å². The molecule has 0 atom stereocenters. The van der Waals surface area contributed by atoms with Gasteiger partial charge in [0.05, 0.1) is 16.8 Å². The zero-order valence-corrected chi connectivity index (χ0v) is 12.6. The van der Waals surface area contributed by atoms with E-state index in [-0.39, 0.29) is 0 Å². The van der Waals surface area contributed by atoms with Crippen LogP contribution >= 0.6 is 23.1 Å². The second-order valence-electron chi connectivity index (χ2n) is 4.21. The Kier molecular flexibility index (Phi) is 3.80. The quantitative estimate of drug-likeness (QED) is 0.724. The molecule has 2 N–H and O–H groups in total. The average molecular weight is 302 g/mol. The van der Waals surface area contributed by atoms with Crippen molar-refractivity contribution in [3.05, 3.63) is 42.5 Å². The number of thiazole rings is 1. The molecule has 0 radical (unpaired) electrons. The molecule has 0 amide bonds. The van der Waals surface area contributed by atoms with Crippen LogP contribution in [0.2, 0.25) is 0 Å². The lowest BCUT2D eigenvalue weighted by Crippen LogP contribution is -1.89. The first-order chi connectivity index (χ1) is 9.74. The molecule has 1 aromatic heterocycles. The van der Waals surface area contributed by atoms with Gasteiger partial charge in [0, 0.05) is 10.6 Å². The monoisotopic (exact) mass is 302 g/mol. The molecule has 0 bridgehead atoms. The van der Waals surface area contributed by atoms with Crippen molar-refractivity contribution < 1.29 is 4.74 Å². The summed E-state index contributed by atoms with van der Waals surface area (Å²) in [7, 11) is 0. The topological polar surface area (TPSA) is 48.1 Å². The Balaban J connectivity index is 1.86. The molecule has 0 saturated carbocycles. The van der Waals surface area contributed by atoms with Gasteiger partial charge in [-0.1, -0.05) is 11.8 Å². The van der Waals surface area contributed by atoms with Gasteiger partial charge in [0.1, 0.15) is 5.75 Å². The molecule has 102 valence electrons. The highest BCUT2D eigenvalue weighted by Crippen LogP contribution is 2.35. The maximum absolute atomic E-state index is 5.69. The summed E-state index contributed by atoms with van der Waals surface area (Å²) in [5.74, 6) is 0.896. The number of anilines is 1. The van der Waals surface area contributed by atoms with Gasteiger partial charge in [-0.3, -0.25) is 0 Å². The number of hydrogen-bond acceptors (Lipinski definition) is 5. The van der Waals surface area contributed by atoms with Crippen LogP contribution in [0.3, 0.4) is 0 Å². The zero-order valence-electron chi connectivity index (χ0n) is 11.0. The van der Waals surface area contributed by atoms with Gasteiger partial charge in [-0.05, 0) is 49.4 Å². The van der Waals surface area contributed by atoms with Crippen LogP contribution in [0.15, 0.2) is 51.7 Å². The number of nitrogens with zero attached hydrogens (tertiary/aromatic N) is 1. The normalized spacial score (nSPS) is 10.8. The van der Waals surface area contributed by atoms with E-state index in [4.69, 9.17) is 10.5 Å². The molecule has 3 aromatic rings. The fourth-order valence-electron chi connectivity index (χ4n) is 1.82. The van der Waals surface area contributed by atoms with E-state index in [1.807, 2.05) is 49.4 Å². The standard InChI is InChI=1S/C15H14N2OS2/c1-2-18-11-5-8-13-14(9-11)20-15(17-13)19-12-6-3-10(16)4-7-12/h3-9H,2,16H2,1H3. The minimum absolute atomic E-state index is 0.678. The largest absolute Gasteiger partial charge is 0.494 e. The minimum atomic E-state index is 0.678. The first kappa shape index (κ1) is 13.3. The highest BCUT2D eigenvalue weighted by atomic mass is 32.2. The van der Waals surface area contributed by atoms with Gasteiger partial charge in [0.2, 0.25) is 0 Å². The van der Waals surface area contributed by atoms with E-state index < -0.39 is 0 Å². The first-order valence-corrected chi connectivity index (χ1v) is 7.94. The van der Waals surface area contributed by atoms with Crippen LogP contribution in [0.25, 0.3) is 10.2 Å².